The van der Waals surface area contributed by atoms with E-state index < -0.39 is 0 Å². The average molecular weight is 309 g/mol. The van der Waals surface area contributed by atoms with Crippen molar-refractivity contribution < 1.29 is 4.39 Å². The zero-order valence-electron chi connectivity index (χ0n) is 9.74. The summed E-state index contributed by atoms with van der Waals surface area (Å²) >= 11 is 3.51. The largest absolute Gasteiger partial charge is 0.271 e. The molecule has 2 nitrogen and oxygen atoms in total. The molecule has 1 unspecified atom stereocenters. The number of nitrogens with two attached hydrogens (primary N) is 1. The first kappa shape index (κ1) is 13.2. The molecule has 0 fully saturated rings. The fourth-order valence-corrected chi connectivity index (χ4v) is 2.43. The van der Waals surface area contributed by atoms with Crippen LogP contribution in [-0.2, 0) is 6.42 Å². The standard InChI is InChI=1S/C14H14BrFN2/c15-13-4-2-1-3-12(13)14(18-17)9-10-5-7-11(16)8-6-10/h1-8,14,18H,9,17H2. The lowest BCUT2D eigenvalue weighted by Gasteiger charge is -2.17. The summed E-state index contributed by atoms with van der Waals surface area (Å²) in [5.41, 5.74) is 4.92. The summed E-state index contributed by atoms with van der Waals surface area (Å²) in [7, 11) is 0. The van der Waals surface area contributed by atoms with Crippen LogP contribution in [0.15, 0.2) is 53.0 Å². The fourth-order valence-electron chi connectivity index (χ4n) is 1.87. The van der Waals surface area contributed by atoms with Crippen LogP contribution >= 0.6 is 15.9 Å². The highest BCUT2D eigenvalue weighted by molar-refractivity contribution is 9.10. The zero-order chi connectivity index (χ0) is 13.0. The van der Waals surface area contributed by atoms with Crippen molar-refractivity contribution in [3.63, 3.8) is 0 Å². The third-order valence-corrected chi connectivity index (χ3v) is 3.56. The second-order valence-corrected chi connectivity index (χ2v) is 4.93. The molecular weight excluding hydrogens is 295 g/mol. The molecule has 0 radical (unpaired) electrons. The van der Waals surface area contributed by atoms with Gasteiger partial charge in [-0.05, 0) is 35.7 Å². The summed E-state index contributed by atoms with van der Waals surface area (Å²) in [5.74, 6) is 5.38. The molecule has 0 aliphatic rings. The lowest BCUT2D eigenvalue weighted by atomic mass is 9.99. The first-order valence-corrected chi connectivity index (χ1v) is 6.45. The summed E-state index contributed by atoms with van der Waals surface area (Å²) in [6, 6.07) is 14.4. The lowest BCUT2D eigenvalue weighted by Crippen LogP contribution is -2.29. The van der Waals surface area contributed by atoms with Gasteiger partial charge in [-0.3, -0.25) is 11.3 Å². The van der Waals surface area contributed by atoms with Crippen LogP contribution in [-0.4, -0.2) is 0 Å². The quantitative estimate of drug-likeness (QED) is 0.671. The van der Waals surface area contributed by atoms with Gasteiger partial charge in [-0.15, -0.1) is 0 Å². The van der Waals surface area contributed by atoms with Crippen molar-refractivity contribution >= 4 is 15.9 Å². The van der Waals surface area contributed by atoms with Gasteiger partial charge < -0.3 is 0 Å². The van der Waals surface area contributed by atoms with Gasteiger partial charge in [0.2, 0.25) is 0 Å². The minimum absolute atomic E-state index is 0.00830. The number of nitrogens with one attached hydrogen (secondary N) is 1. The van der Waals surface area contributed by atoms with E-state index >= 15 is 0 Å². The molecule has 0 saturated carbocycles. The zero-order valence-corrected chi connectivity index (χ0v) is 11.3. The smallest absolute Gasteiger partial charge is 0.123 e. The SMILES string of the molecule is NNC(Cc1ccc(F)cc1)c1ccccc1Br. The molecule has 18 heavy (non-hydrogen) atoms. The van der Waals surface area contributed by atoms with E-state index in [-0.39, 0.29) is 11.9 Å². The van der Waals surface area contributed by atoms with Crippen LogP contribution in [0.1, 0.15) is 17.2 Å². The van der Waals surface area contributed by atoms with E-state index in [1.54, 1.807) is 12.1 Å². The van der Waals surface area contributed by atoms with Crippen LogP contribution < -0.4 is 11.3 Å². The van der Waals surface area contributed by atoms with E-state index in [1.165, 1.54) is 12.1 Å². The van der Waals surface area contributed by atoms with Crippen molar-refractivity contribution in [2.45, 2.75) is 12.5 Å². The Balaban J connectivity index is 2.20. The normalized spacial score (nSPS) is 12.4. The third kappa shape index (κ3) is 3.16. The Labute approximate surface area is 114 Å². The summed E-state index contributed by atoms with van der Waals surface area (Å²) in [6.45, 7) is 0. The average Bonchev–Trinajstić information content (AvgIpc) is 2.39. The summed E-state index contributed by atoms with van der Waals surface area (Å²) < 4.78 is 13.9. The monoisotopic (exact) mass is 308 g/mol. The van der Waals surface area contributed by atoms with Crippen molar-refractivity contribution in [2.24, 2.45) is 5.84 Å². The molecule has 1 atom stereocenters. The Hall–Kier alpha value is -1.23. The maximum atomic E-state index is 12.8. The predicted octanol–water partition coefficient (Wildman–Crippen LogP) is 3.34. The molecule has 2 aromatic rings. The van der Waals surface area contributed by atoms with Gasteiger partial charge >= 0.3 is 0 Å². The van der Waals surface area contributed by atoms with Gasteiger partial charge in [-0.25, -0.2) is 4.39 Å². The Kier molecular flexibility index (Phi) is 4.47. The van der Waals surface area contributed by atoms with E-state index in [4.69, 9.17) is 5.84 Å². The molecule has 0 bridgehead atoms. The Morgan fingerprint density at radius 2 is 1.78 bits per heavy atom. The van der Waals surface area contributed by atoms with Crippen LogP contribution in [0.5, 0.6) is 0 Å². The van der Waals surface area contributed by atoms with Crippen LogP contribution in [0.2, 0.25) is 0 Å². The molecule has 94 valence electrons. The number of hydrogen-bond donors (Lipinski definition) is 2. The highest BCUT2D eigenvalue weighted by Crippen LogP contribution is 2.25. The minimum atomic E-state index is -0.225. The number of halogens is 2. The molecule has 0 heterocycles. The van der Waals surface area contributed by atoms with E-state index in [0.717, 1.165) is 15.6 Å². The number of rotatable bonds is 4. The number of benzene rings is 2. The van der Waals surface area contributed by atoms with Crippen molar-refractivity contribution in [1.29, 1.82) is 0 Å². The van der Waals surface area contributed by atoms with Gasteiger partial charge in [-0.1, -0.05) is 46.3 Å². The van der Waals surface area contributed by atoms with Crippen molar-refractivity contribution in [1.82, 2.24) is 5.43 Å². The number of hydrogen-bond acceptors (Lipinski definition) is 2. The maximum absolute atomic E-state index is 12.8. The van der Waals surface area contributed by atoms with E-state index in [2.05, 4.69) is 21.4 Å². The molecule has 0 aliphatic carbocycles. The molecule has 0 aromatic heterocycles. The number of hydrazine groups is 1. The second kappa shape index (κ2) is 6.09. The molecule has 0 spiro atoms. The van der Waals surface area contributed by atoms with Crippen molar-refractivity contribution in [3.8, 4) is 0 Å². The second-order valence-electron chi connectivity index (χ2n) is 4.07. The lowest BCUT2D eigenvalue weighted by molar-refractivity contribution is 0.549. The van der Waals surface area contributed by atoms with Crippen molar-refractivity contribution in [3.05, 3.63) is 69.9 Å². The van der Waals surface area contributed by atoms with Gasteiger partial charge in [0.25, 0.3) is 0 Å². The maximum Gasteiger partial charge on any atom is 0.123 e. The molecule has 4 heteroatoms. The molecule has 3 N–H and O–H groups in total. The topological polar surface area (TPSA) is 38.0 Å². The first-order chi connectivity index (χ1) is 8.70. The minimum Gasteiger partial charge on any atom is -0.271 e. The predicted molar refractivity (Wildman–Crippen MR) is 74.3 cm³/mol. The van der Waals surface area contributed by atoms with Gasteiger partial charge in [0.05, 0.1) is 6.04 Å². The fraction of sp³-hybridized carbons (Fsp3) is 0.143. The van der Waals surface area contributed by atoms with Crippen LogP contribution in [0.25, 0.3) is 0 Å². The van der Waals surface area contributed by atoms with E-state index in [9.17, 15) is 4.39 Å². The first-order valence-electron chi connectivity index (χ1n) is 5.65. The molecule has 0 amide bonds. The van der Waals surface area contributed by atoms with Gasteiger partial charge in [-0.2, -0.15) is 0 Å². The summed E-state index contributed by atoms with van der Waals surface area (Å²) in [4.78, 5) is 0. The van der Waals surface area contributed by atoms with Gasteiger partial charge in [0, 0.05) is 4.47 Å². The summed E-state index contributed by atoms with van der Waals surface area (Å²) in [6.07, 6.45) is 0.708. The van der Waals surface area contributed by atoms with Gasteiger partial charge in [0.15, 0.2) is 0 Å². The Morgan fingerprint density at radius 1 is 1.11 bits per heavy atom. The highest BCUT2D eigenvalue weighted by Gasteiger charge is 2.13. The van der Waals surface area contributed by atoms with Crippen LogP contribution in [0.4, 0.5) is 4.39 Å². The van der Waals surface area contributed by atoms with Crippen LogP contribution in [0.3, 0.4) is 0 Å². The molecular formula is C14H14BrFN2. The molecule has 0 aliphatic heterocycles. The molecule has 2 aromatic carbocycles. The van der Waals surface area contributed by atoms with Gasteiger partial charge in [0.1, 0.15) is 5.82 Å². The van der Waals surface area contributed by atoms with Crippen molar-refractivity contribution in [2.75, 3.05) is 0 Å². The van der Waals surface area contributed by atoms with E-state index in [0.29, 0.717) is 6.42 Å². The van der Waals surface area contributed by atoms with E-state index in [1.807, 2.05) is 24.3 Å². The van der Waals surface area contributed by atoms with Crippen LogP contribution in [0, 0.1) is 5.82 Å². The molecule has 0 saturated heterocycles. The Morgan fingerprint density at radius 3 is 2.39 bits per heavy atom. The highest BCUT2D eigenvalue weighted by atomic mass is 79.9. The molecule has 2 rings (SSSR count). The Bertz CT molecular complexity index is 513. The summed E-state index contributed by atoms with van der Waals surface area (Å²) in [5, 5.41) is 0. The third-order valence-electron chi connectivity index (χ3n) is 2.83.